The van der Waals surface area contributed by atoms with Crippen LogP contribution in [0.25, 0.3) is 5.57 Å². The van der Waals surface area contributed by atoms with Gasteiger partial charge in [0.05, 0.1) is 38.0 Å². The first-order valence-corrected chi connectivity index (χ1v) is 17.2. The van der Waals surface area contributed by atoms with Gasteiger partial charge in [-0.2, -0.15) is 0 Å². The third-order valence-electron chi connectivity index (χ3n) is 11.5. The second kappa shape index (κ2) is 12.5. The summed E-state index contributed by atoms with van der Waals surface area (Å²) in [5, 5.41) is 11.0. The summed E-state index contributed by atoms with van der Waals surface area (Å²) in [4.78, 5) is 60.1. The van der Waals surface area contributed by atoms with E-state index >= 15 is 9.59 Å². The van der Waals surface area contributed by atoms with E-state index in [0.29, 0.717) is 28.7 Å². The minimum Gasteiger partial charge on any atom is -0.502 e. The number of allylic oxidation sites excluding steroid dienone is 4. The summed E-state index contributed by atoms with van der Waals surface area (Å²) in [5.41, 5.74) is 2.51. The van der Waals surface area contributed by atoms with E-state index in [-0.39, 0.29) is 53.6 Å². The monoisotopic (exact) mass is 679 g/mol. The van der Waals surface area contributed by atoms with Gasteiger partial charge in [-0.05, 0) is 59.2 Å². The summed E-state index contributed by atoms with van der Waals surface area (Å²) >= 11 is 0. The van der Waals surface area contributed by atoms with Crippen LogP contribution >= 0.6 is 0 Å². The number of phenols is 1. The number of rotatable bonds is 7. The Kier molecular flexibility index (Phi) is 7.97. The zero-order valence-electron chi connectivity index (χ0n) is 28.3. The fourth-order valence-corrected chi connectivity index (χ4v) is 9.32. The Bertz CT molecular complexity index is 2100. The number of nitrogens with zero attached hydrogens (tertiary/aromatic N) is 1. The lowest BCUT2D eigenvalue weighted by Crippen LogP contribution is -2.58. The van der Waals surface area contributed by atoms with Gasteiger partial charge < -0.3 is 14.6 Å². The molecule has 1 heterocycles. The Labute approximate surface area is 296 Å². The minimum absolute atomic E-state index is 0.150. The molecule has 6 atom stereocenters. The molecule has 1 N–H and O–H groups in total. The van der Waals surface area contributed by atoms with Crippen molar-refractivity contribution in [2.24, 2.45) is 23.7 Å². The maximum Gasteiger partial charge on any atom is 0.234 e. The van der Waals surface area contributed by atoms with Gasteiger partial charge >= 0.3 is 0 Å². The van der Waals surface area contributed by atoms with Crippen LogP contribution < -0.4 is 9.47 Å². The van der Waals surface area contributed by atoms with Crippen LogP contribution in [0.4, 0.5) is 0 Å². The molecule has 4 aromatic rings. The first kappa shape index (κ1) is 32.4. The molecule has 2 amide bonds. The molecule has 4 aromatic carbocycles. The van der Waals surface area contributed by atoms with E-state index in [9.17, 15) is 14.7 Å². The largest absolute Gasteiger partial charge is 0.502 e. The van der Waals surface area contributed by atoms with Crippen molar-refractivity contribution >= 4 is 29.0 Å². The fourth-order valence-electron chi connectivity index (χ4n) is 9.32. The highest BCUT2D eigenvalue weighted by Crippen LogP contribution is 2.64. The van der Waals surface area contributed by atoms with Crippen LogP contribution in [-0.2, 0) is 31.1 Å². The smallest absolute Gasteiger partial charge is 0.234 e. The number of Topliss-reactive ketones (excluding diaryl/α,β-unsaturated/α-hetero) is 1. The molecule has 8 nitrogen and oxygen atoms in total. The predicted molar refractivity (Wildman–Crippen MR) is 190 cm³/mol. The van der Waals surface area contributed by atoms with E-state index in [2.05, 4.69) is 0 Å². The molecule has 256 valence electrons. The maximum absolute atomic E-state index is 15.2. The molecule has 2 fully saturated rings. The number of likely N-dealkylation sites (tertiary alicyclic amines) is 1. The Morgan fingerprint density at radius 2 is 1.39 bits per heavy atom. The number of carbonyl (C=O) groups is 4. The summed E-state index contributed by atoms with van der Waals surface area (Å²) in [6.07, 6.45) is 4.03. The number of amides is 2. The van der Waals surface area contributed by atoms with Gasteiger partial charge in [0.15, 0.2) is 23.1 Å². The van der Waals surface area contributed by atoms with Crippen molar-refractivity contribution in [1.82, 2.24) is 4.90 Å². The third kappa shape index (κ3) is 4.88. The standard InChI is InChI=1S/C43H37NO7/c1-50-34-20-27(21-35(51-2)40(34)47)38-29-18-19-30-37(42(49)44(41(30)48)24-25-12-6-3-7-13-25)32(29)22-33-39(46)31(26-14-8-4-9-15-26)23-36(45)43(33,38)28-16-10-5-11-17-28/h3-18,20-21,23,30,32-33,37-38,47H,19,22,24H2,1-2H3/t30-,32+,33-,37-,38-,43-/m0/s1. The van der Waals surface area contributed by atoms with Crippen LogP contribution in [0, 0.1) is 23.7 Å². The SMILES string of the molecule is COc1cc([C@H]2C3=CC[C@@H]4C(=O)N(Cc5ccccc5)C(=O)[C@@H]4[C@@H]3C[C@H]3C(=O)C(c4ccccc4)=CC(=O)[C@@]23c2ccccc2)cc(OC)c1O. The van der Waals surface area contributed by atoms with Crippen LogP contribution in [0.15, 0.2) is 121 Å². The molecular formula is C43H37NO7. The first-order valence-electron chi connectivity index (χ1n) is 17.2. The van der Waals surface area contributed by atoms with Crippen LogP contribution in [0.5, 0.6) is 17.2 Å². The van der Waals surface area contributed by atoms with E-state index in [0.717, 1.165) is 11.1 Å². The Morgan fingerprint density at radius 1 is 0.784 bits per heavy atom. The van der Waals surface area contributed by atoms with Crippen molar-refractivity contribution in [3.63, 3.8) is 0 Å². The number of methoxy groups -OCH3 is 2. The average molecular weight is 680 g/mol. The second-order valence-electron chi connectivity index (χ2n) is 13.8. The van der Waals surface area contributed by atoms with Crippen LogP contribution in [0.3, 0.4) is 0 Å². The lowest BCUT2D eigenvalue weighted by atomic mass is 9.44. The predicted octanol–water partition coefficient (Wildman–Crippen LogP) is 6.43. The van der Waals surface area contributed by atoms with Crippen molar-refractivity contribution in [3.05, 3.63) is 143 Å². The van der Waals surface area contributed by atoms with E-state index in [1.54, 1.807) is 12.1 Å². The summed E-state index contributed by atoms with van der Waals surface area (Å²) in [7, 11) is 2.88. The van der Waals surface area contributed by atoms with Crippen LogP contribution in [0.1, 0.15) is 41.0 Å². The van der Waals surface area contributed by atoms with Gasteiger partial charge in [-0.3, -0.25) is 24.1 Å². The lowest BCUT2D eigenvalue weighted by Gasteiger charge is -2.55. The zero-order chi connectivity index (χ0) is 35.4. The summed E-state index contributed by atoms with van der Waals surface area (Å²) in [6, 6.07) is 31.4. The van der Waals surface area contributed by atoms with Crippen LogP contribution in [-0.4, -0.2) is 47.6 Å². The number of aromatic hydroxyl groups is 1. The van der Waals surface area contributed by atoms with Crippen molar-refractivity contribution in [2.45, 2.75) is 30.7 Å². The number of hydrogen-bond acceptors (Lipinski definition) is 7. The van der Waals surface area contributed by atoms with Crippen molar-refractivity contribution in [3.8, 4) is 17.2 Å². The third-order valence-corrected chi connectivity index (χ3v) is 11.5. The molecule has 8 heteroatoms. The summed E-state index contributed by atoms with van der Waals surface area (Å²) in [5.74, 6) is -4.22. The number of phenolic OH excluding ortho intramolecular Hbond substituents is 1. The molecule has 1 aliphatic heterocycles. The minimum atomic E-state index is -1.41. The zero-order valence-corrected chi connectivity index (χ0v) is 28.3. The van der Waals surface area contributed by atoms with Gasteiger partial charge in [0.2, 0.25) is 17.6 Å². The van der Waals surface area contributed by atoms with Gasteiger partial charge in [0.1, 0.15) is 0 Å². The molecular weight excluding hydrogens is 642 g/mol. The molecule has 1 saturated carbocycles. The first-order chi connectivity index (χ1) is 24.8. The molecule has 1 saturated heterocycles. The average Bonchev–Trinajstić information content (AvgIpc) is 3.41. The lowest BCUT2D eigenvalue weighted by molar-refractivity contribution is -0.141. The molecule has 51 heavy (non-hydrogen) atoms. The quantitative estimate of drug-likeness (QED) is 0.177. The second-order valence-corrected chi connectivity index (χ2v) is 13.8. The highest BCUT2D eigenvalue weighted by molar-refractivity contribution is 6.31. The highest BCUT2D eigenvalue weighted by Gasteiger charge is 2.66. The van der Waals surface area contributed by atoms with Gasteiger partial charge in [0, 0.05) is 17.4 Å². The van der Waals surface area contributed by atoms with E-state index in [1.165, 1.54) is 25.2 Å². The molecule has 0 unspecified atom stereocenters. The number of benzene rings is 4. The van der Waals surface area contributed by atoms with Gasteiger partial charge in [-0.25, -0.2) is 0 Å². The Balaban J connectivity index is 1.36. The molecule has 0 spiro atoms. The summed E-state index contributed by atoms with van der Waals surface area (Å²) in [6.45, 7) is 0.166. The molecule has 0 aromatic heterocycles. The number of fused-ring (bicyclic) bond motifs is 4. The number of ketones is 2. The Hall–Kier alpha value is -5.76. The molecule has 3 aliphatic carbocycles. The number of ether oxygens (including phenoxy) is 2. The normalized spacial score (nSPS) is 26.9. The van der Waals surface area contributed by atoms with Gasteiger partial charge in [-0.15, -0.1) is 0 Å². The highest BCUT2D eigenvalue weighted by atomic mass is 16.5. The van der Waals surface area contributed by atoms with Gasteiger partial charge in [0.25, 0.3) is 0 Å². The van der Waals surface area contributed by atoms with Crippen LogP contribution in [0.2, 0.25) is 0 Å². The topological polar surface area (TPSA) is 110 Å². The van der Waals surface area contributed by atoms with Crippen molar-refractivity contribution in [2.75, 3.05) is 14.2 Å². The van der Waals surface area contributed by atoms with Crippen molar-refractivity contribution in [1.29, 1.82) is 0 Å². The van der Waals surface area contributed by atoms with Gasteiger partial charge in [-0.1, -0.05) is 103 Å². The van der Waals surface area contributed by atoms with E-state index in [4.69, 9.17) is 9.47 Å². The van der Waals surface area contributed by atoms with Crippen molar-refractivity contribution < 1.29 is 33.8 Å². The van der Waals surface area contributed by atoms with E-state index < -0.39 is 35.0 Å². The Morgan fingerprint density at radius 3 is 2.02 bits per heavy atom. The number of carbonyl (C=O) groups excluding carboxylic acids is 4. The molecule has 8 rings (SSSR count). The number of hydrogen-bond donors (Lipinski definition) is 1. The number of imide groups is 1. The summed E-state index contributed by atoms with van der Waals surface area (Å²) < 4.78 is 11.2. The maximum atomic E-state index is 15.2. The molecule has 0 radical (unpaired) electrons. The molecule has 4 aliphatic rings. The molecule has 0 bridgehead atoms. The van der Waals surface area contributed by atoms with E-state index in [1.807, 2.05) is 97.1 Å². The fraction of sp³-hybridized carbons (Fsp3) is 0.256.